The fourth-order valence-corrected chi connectivity index (χ4v) is 2.17. The summed E-state index contributed by atoms with van der Waals surface area (Å²) in [7, 11) is 0. The van der Waals surface area contributed by atoms with Gasteiger partial charge in [-0.2, -0.15) is 0 Å². The Labute approximate surface area is 118 Å². The Morgan fingerprint density at radius 3 is 2.50 bits per heavy atom. The molecule has 0 radical (unpaired) electrons. The zero-order valence-corrected chi connectivity index (χ0v) is 11.1. The Hall–Kier alpha value is -1.29. The zero-order chi connectivity index (χ0) is 13.3. The number of carboxylic acid groups (broad SMARTS) is 1. The molecule has 0 spiro atoms. The van der Waals surface area contributed by atoms with Crippen molar-refractivity contribution in [2.24, 2.45) is 0 Å². The van der Waals surface area contributed by atoms with Crippen molar-refractivity contribution in [2.45, 2.75) is 0 Å². The molecule has 1 aromatic heterocycles. The highest BCUT2D eigenvalue weighted by Crippen LogP contribution is 2.31. The van der Waals surface area contributed by atoms with Gasteiger partial charge in [-0.25, -0.2) is 9.78 Å². The van der Waals surface area contributed by atoms with Gasteiger partial charge >= 0.3 is 5.97 Å². The fourth-order valence-electron chi connectivity index (χ4n) is 1.47. The molecule has 1 aromatic carbocycles. The highest BCUT2D eigenvalue weighted by molar-refractivity contribution is 6.36. The van der Waals surface area contributed by atoms with Gasteiger partial charge in [-0.1, -0.05) is 40.9 Å². The minimum atomic E-state index is -1.14. The van der Waals surface area contributed by atoms with Crippen LogP contribution in [0, 0.1) is 0 Å². The first-order valence-electron chi connectivity index (χ1n) is 4.83. The molecule has 3 nitrogen and oxygen atoms in total. The number of aromatic carboxylic acids is 1. The standard InChI is InChI=1S/C12H6Cl3NO2/c13-7-1-2-8(10(14)4-7)6-3-9(12(17)18)11(15)16-5-6/h1-5H,(H,17,18). The predicted molar refractivity (Wildman–Crippen MR) is 71.7 cm³/mol. The first kappa shape index (κ1) is 13.1. The van der Waals surface area contributed by atoms with Crippen molar-refractivity contribution in [3.8, 4) is 11.1 Å². The molecule has 2 rings (SSSR count). The van der Waals surface area contributed by atoms with Gasteiger partial charge < -0.3 is 5.11 Å². The van der Waals surface area contributed by atoms with Crippen LogP contribution in [0.2, 0.25) is 15.2 Å². The van der Waals surface area contributed by atoms with Crippen molar-refractivity contribution in [3.05, 3.63) is 51.2 Å². The summed E-state index contributed by atoms with van der Waals surface area (Å²) in [6.45, 7) is 0. The molecule has 6 heteroatoms. The van der Waals surface area contributed by atoms with Crippen molar-refractivity contribution in [3.63, 3.8) is 0 Å². The third kappa shape index (κ3) is 2.58. The van der Waals surface area contributed by atoms with E-state index in [4.69, 9.17) is 39.9 Å². The molecule has 0 unspecified atom stereocenters. The maximum atomic E-state index is 11.0. The Balaban J connectivity index is 2.58. The summed E-state index contributed by atoms with van der Waals surface area (Å²) in [5.41, 5.74) is 1.14. The van der Waals surface area contributed by atoms with Crippen molar-refractivity contribution in [1.29, 1.82) is 0 Å². The third-order valence-electron chi connectivity index (χ3n) is 2.31. The highest BCUT2D eigenvalue weighted by atomic mass is 35.5. The van der Waals surface area contributed by atoms with Gasteiger partial charge in [-0.15, -0.1) is 0 Å². The van der Waals surface area contributed by atoms with E-state index in [2.05, 4.69) is 4.98 Å². The average molecular weight is 303 g/mol. The molecule has 18 heavy (non-hydrogen) atoms. The summed E-state index contributed by atoms with van der Waals surface area (Å²) in [6, 6.07) is 6.36. The monoisotopic (exact) mass is 301 g/mol. The topological polar surface area (TPSA) is 50.2 Å². The summed E-state index contributed by atoms with van der Waals surface area (Å²) in [5, 5.41) is 9.84. The Kier molecular flexibility index (Phi) is 3.76. The molecule has 1 heterocycles. The van der Waals surface area contributed by atoms with E-state index in [-0.39, 0.29) is 10.7 Å². The molecule has 0 fully saturated rings. The summed E-state index contributed by atoms with van der Waals surface area (Å²) in [5.74, 6) is -1.14. The van der Waals surface area contributed by atoms with E-state index in [1.807, 2.05) is 0 Å². The molecule has 0 atom stereocenters. The van der Waals surface area contributed by atoms with E-state index in [0.29, 0.717) is 21.2 Å². The maximum absolute atomic E-state index is 11.0. The fraction of sp³-hybridized carbons (Fsp3) is 0. The van der Waals surface area contributed by atoms with Crippen molar-refractivity contribution >= 4 is 40.8 Å². The first-order valence-corrected chi connectivity index (χ1v) is 5.96. The lowest BCUT2D eigenvalue weighted by molar-refractivity contribution is 0.0696. The van der Waals surface area contributed by atoms with Gasteiger partial charge in [-0.05, 0) is 18.2 Å². The highest BCUT2D eigenvalue weighted by Gasteiger charge is 2.13. The second-order valence-corrected chi connectivity index (χ2v) is 4.69. The Morgan fingerprint density at radius 1 is 1.17 bits per heavy atom. The minimum Gasteiger partial charge on any atom is -0.478 e. The van der Waals surface area contributed by atoms with E-state index in [0.717, 1.165) is 0 Å². The first-order chi connectivity index (χ1) is 8.49. The summed E-state index contributed by atoms with van der Waals surface area (Å²) in [4.78, 5) is 14.8. The predicted octanol–water partition coefficient (Wildman–Crippen LogP) is 4.41. The Morgan fingerprint density at radius 2 is 1.89 bits per heavy atom. The zero-order valence-electron chi connectivity index (χ0n) is 8.82. The molecule has 0 saturated heterocycles. The van der Waals surface area contributed by atoms with Crippen molar-refractivity contribution < 1.29 is 9.90 Å². The summed E-state index contributed by atoms with van der Waals surface area (Å²) in [6.07, 6.45) is 1.46. The summed E-state index contributed by atoms with van der Waals surface area (Å²) >= 11 is 17.5. The smallest absolute Gasteiger partial charge is 0.338 e. The molecular formula is C12H6Cl3NO2. The second kappa shape index (κ2) is 5.14. The number of carbonyl (C=O) groups is 1. The Bertz CT molecular complexity index is 629. The van der Waals surface area contributed by atoms with Crippen molar-refractivity contribution in [1.82, 2.24) is 4.98 Å². The van der Waals surface area contributed by atoms with Gasteiger partial charge in [0.05, 0.1) is 5.56 Å². The van der Waals surface area contributed by atoms with Crippen LogP contribution >= 0.6 is 34.8 Å². The van der Waals surface area contributed by atoms with Gasteiger partial charge in [0.1, 0.15) is 5.15 Å². The van der Waals surface area contributed by atoms with Gasteiger partial charge in [0.15, 0.2) is 0 Å². The quantitative estimate of drug-likeness (QED) is 0.836. The molecule has 1 N–H and O–H groups in total. The molecule has 0 aliphatic rings. The lowest BCUT2D eigenvalue weighted by Gasteiger charge is -2.06. The molecule has 0 saturated carbocycles. The van der Waals surface area contributed by atoms with Crippen LogP contribution < -0.4 is 0 Å². The number of rotatable bonds is 2. The number of pyridine rings is 1. The van der Waals surface area contributed by atoms with Gasteiger partial charge in [0.2, 0.25) is 0 Å². The molecule has 0 amide bonds. The van der Waals surface area contributed by atoms with E-state index < -0.39 is 5.97 Å². The van der Waals surface area contributed by atoms with Crippen LogP contribution in [0.5, 0.6) is 0 Å². The average Bonchev–Trinajstić information content (AvgIpc) is 2.30. The molecular weight excluding hydrogens is 296 g/mol. The second-order valence-electron chi connectivity index (χ2n) is 3.49. The molecule has 0 aliphatic heterocycles. The van der Waals surface area contributed by atoms with E-state index >= 15 is 0 Å². The number of carboxylic acids is 1. The number of hydrogen-bond acceptors (Lipinski definition) is 2. The number of hydrogen-bond donors (Lipinski definition) is 1. The van der Waals surface area contributed by atoms with Crippen LogP contribution in [0.4, 0.5) is 0 Å². The van der Waals surface area contributed by atoms with Crippen LogP contribution in [-0.4, -0.2) is 16.1 Å². The lowest BCUT2D eigenvalue weighted by atomic mass is 10.1. The molecule has 2 aromatic rings. The number of aromatic nitrogens is 1. The SMILES string of the molecule is O=C(O)c1cc(-c2ccc(Cl)cc2Cl)cnc1Cl. The lowest BCUT2D eigenvalue weighted by Crippen LogP contribution is -1.99. The van der Waals surface area contributed by atoms with E-state index in [9.17, 15) is 4.79 Å². The normalized spacial score (nSPS) is 10.4. The number of halogens is 3. The number of benzene rings is 1. The van der Waals surface area contributed by atoms with E-state index in [1.54, 1.807) is 18.2 Å². The largest absolute Gasteiger partial charge is 0.478 e. The van der Waals surface area contributed by atoms with Crippen LogP contribution in [-0.2, 0) is 0 Å². The molecule has 0 aliphatic carbocycles. The van der Waals surface area contributed by atoms with E-state index in [1.165, 1.54) is 12.3 Å². The van der Waals surface area contributed by atoms with Gasteiger partial charge in [0.25, 0.3) is 0 Å². The maximum Gasteiger partial charge on any atom is 0.338 e. The minimum absolute atomic E-state index is 0.0589. The van der Waals surface area contributed by atoms with Gasteiger partial charge in [-0.3, -0.25) is 0 Å². The molecule has 0 bridgehead atoms. The molecule has 92 valence electrons. The van der Waals surface area contributed by atoms with Crippen LogP contribution in [0.15, 0.2) is 30.5 Å². The number of nitrogens with zero attached hydrogens (tertiary/aromatic N) is 1. The van der Waals surface area contributed by atoms with Crippen molar-refractivity contribution in [2.75, 3.05) is 0 Å². The summed E-state index contributed by atoms with van der Waals surface area (Å²) < 4.78 is 0. The third-order valence-corrected chi connectivity index (χ3v) is 3.16. The van der Waals surface area contributed by atoms with Crippen LogP contribution in [0.1, 0.15) is 10.4 Å². The van der Waals surface area contributed by atoms with Crippen LogP contribution in [0.3, 0.4) is 0 Å². The van der Waals surface area contributed by atoms with Crippen LogP contribution in [0.25, 0.3) is 11.1 Å². The van der Waals surface area contributed by atoms with Gasteiger partial charge in [0, 0.05) is 27.4 Å².